The van der Waals surface area contributed by atoms with Crippen molar-refractivity contribution in [1.82, 2.24) is 24.7 Å². The Kier molecular flexibility index (Phi) is 3.54. The molecule has 1 saturated carbocycles. The van der Waals surface area contributed by atoms with Crippen LogP contribution in [0.15, 0.2) is 31.0 Å². The number of aromatic amines is 1. The van der Waals surface area contributed by atoms with Gasteiger partial charge in [-0.1, -0.05) is 6.92 Å². The second-order valence-corrected chi connectivity index (χ2v) is 6.98. The van der Waals surface area contributed by atoms with E-state index in [0.717, 1.165) is 35.1 Å². The van der Waals surface area contributed by atoms with Gasteiger partial charge in [0.25, 0.3) is 0 Å². The van der Waals surface area contributed by atoms with E-state index in [2.05, 4.69) is 39.0 Å². The summed E-state index contributed by atoms with van der Waals surface area (Å²) in [5.41, 5.74) is 2.57. The van der Waals surface area contributed by atoms with Crippen LogP contribution < -0.4 is 0 Å². The van der Waals surface area contributed by atoms with Crippen LogP contribution in [0.25, 0.3) is 22.3 Å². The highest BCUT2D eigenvalue weighted by Gasteiger charge is 2.46. The van der Waals surface area contributed by atoms with Crippen molar-refractivity contribution in [2.45, 2.75) is 32.2 Å². The quantitative estimate of drug-likeness (QED) is 0.744. The maximum atomic E-state index is 9.29. The average molecular weight is 330 g/mol. The first kappa shape index (κ1) is 15.4. The number of fused-ring (bicyclic) bond motifs is 1. The normalized spacial score (nSPS) is 23.6. The highest BCUT2D eigenvalue weighted by Crippen LogP contribution is 2.53. The van der Waals surface area contributed by atoms with E-state index in [4.69, 9.17) is 6.42 Å². The van der Waals surface area contributed by atoms with Crippen molar-refractivity contribution in [1.29, 1.82) is 5.26 Å². The lowest BCUT2D eigenvalue weighted by atomic mass is 9.59. The zero-order valence-corrected chi connectivity index (χ0v) is 14.0. The summed E-state index contributed by atoms with van der Waals surface area (Å²) in [5.74, 6) is 3.13. The lowest BCUT2D eigenvalue weighted by Gasteiger charge is -2.47. The van der Waals surface area contributed by atoms with Crippen LogP contribution in [0, 0.1) is 35.0 Å². The molecule has 0 aliphatic heterocycles. The van der Waals surface area contributed by atoms with Gasteiger partial charge in [0.05, 0.1) is 30.4 Å². The fraction of sp³-hybridized carbons (Fsp3) is 0.368. The maximum Gasteiger partial charge on any atom is 0.141 e. The van der Waals surface area contributed by atoms with E-state index in [0.29, 0.717) is 12.3 Å². The first-order valence-corrected chi connectivity index (χ1v) is 8.30. The predicted molar refractivity (Wildman–Crippen MR) is 94.0 cm³/mol. The van der Waals surface area contributed by atoms with Crippen molar-refractivity contribution in [3.63, 3.8) is 0 Å². The van der Waals surface area contributed by atoms with Crippen LogP contribution in [0.4, 0.5) is 0 Å². The van der Waals surface area contributed by atoms with Crippen LogP contribution in [0.2, 0.25) is 0 Å². The number of terminal acetylenes is 1. The number of hydrogen-bond donors (Lipinski definition) is 1. The summed E-state index contributed by atoms with van der Waals surface area (Å²) in [7, 11) is 0. The van der Waals surface area contributed by atoms with Gasteiger partial charge in [-0.05, 0) is 24.3 Å². The Morgan fingerprint density at radius 2 is 2.32 bits per heavy atom. The van der Waals surface area contributed by atoms with Gasteiger partial charge in [-0.3, -0.25) is 4.68 Å². The maximum absolute atomic E-state index is 9.29. The number of rotatable bonds is 4. The molecule has 3 aromatic rings. The summed E-state index contributed by atoms with van der Waals surface area (Å²) >= 11 is 0. The van der Waals surface area contributed by atoms with Crippen LogP contribution in [0.5, 0.6) is 0 Å². The van der Waals surface area contributed by atoms with Crippen molar-refractivity contribution in [2.24, 2.45) is 11.3 Å². The summed E-state index contributed by atoms with van der Waals surface area (Å²) in [6.07, 6.45) is 15.0. The van der Waals surface area contributed by atoms with Gasteiger partial charge >= 0.3 is 0 Å². The molecule has 0 spiro atoms. The van der Waals surface area contributed by atoms with Crippen LogP contribution in [-0.4, -0.2) is 24.7 Å². The second kappa shape index (κ2) is 5.75. The van der Waals surface area contributed by atoms with E-state index in [9.17, 15) is 5.26 Å². The zero-order valence-electron chi connectivity index (χ0n) is 14.0. The molecule has 1 aliphatic carbocycles. The second-order valence-electron chi connectivity index (χ2n) is 6.98. The number of aromatic nitrogens is 5. The number of nitrogens with one attached hydrogen (secondary N) is 1. The van der Waals surface area contributed by atoms with Crippen LogP contribution in [-0.2, 0) is 0 Å². The molecule has 0 radical (unpaired) electrons. The van der Waals surface area contributed by atoms with Crippen molar-refractivity contribution in [3.8, 4) is 29.7 Å². The molecule has 0 aromatic carbocycles. The van der Waals surface area contributed by atoms with Crippen molar-refractivity contribution in [3.05, 3.63) is 31.0 Å². The molecular formula is C19H18N6. The van der Waals surface area contributed by atoms with Crippen molar-refractivity contribution >= 4 is 11.0 Å². The Balaban J connectivity index is 1.69. The smallest absolute Gasteiger partial charge is 0.141 e. The SMILES string of the molecule is C#CC1CC(C)(C(CC#N)n2cc(-c3ncnc4[nH]ccc34)cn2)C1. The summed E-state index contributed by atoms with van der Waals surface area (Å²) in [6, 6.07) is 4.28. The van der Waals surface area contributed by atoms with Gasteiger partial charge < -0.3 is 4.98 Å². The number of hydrogen-bond acceptors (Lipinski definition) is 4. The monoisotopic (exact) mass is 330 g/mol. The van der Waals surface area contributed by atoms with E-state index >= 15 is 0 Å². The first-order valence-electron chi connectivity index (χ1n) is 8.30. The first-order chi connectivity index (χ1) is 12.1. The van der Waals surface area contributed by atoms with E-state index in [1.54, 1.807) is 12.5 Å². The highest BCUT2D eigenvalue weighted by molar-refractivity contribution is 5.89. The third-order valence-corrected chi connectivity index (χ3v) is 5.30. The van der Waals surface area contributed by atoms with Gasteiger partial charge in [-0.15, -0.1) is 12.3 Å². The van der Waals surface area contributed by atoms with Gasteiger partial charge in [0, 0.05) is 29.3 Å². The fourth-order valence-corrected chi connectivity index (χ4v) is 3.93. The van der Waals surface area contributed by atoms with E-state index in [1.165, 1.54) is 0 Å². The molecule has 1 aliphatic rings. The molecule has 3 heterocycles. The molecular weight excluding hydrogens is 312 g/mol. The number of nitrogens with zero attached hydrogens (tertiary/aromatic N) is 5. The van der Waals surface area contributed by atoms with E-state index in [1.807, 2.05) is 23.1 Å². The van der Waals surface area contributed by atoms with Gasteiger partial charge in [-0.25, -0.2) is 9.97 Å². The Morgan fingerprint density at radius 1 is 1.48 bits per heavy atom. The summed E-state index contributed by atoms with van der Waals surface area (Å²) < 4.78 is 1.91. The number of H-pyrrole nitrogens is 1. The highest BCUT2D eigenvalue weighted by atomic mass is 15.3. The molecule has 6 heteroatoms. The van der Waals surface area contributed by atoms with E-state index < -0.39 is 0 Å². The van der Waals surface area contributed by atoms with Crippen LogP contribution in [0.3, 0.4) is 0 Å². The molecule has 0 saturated heterocycles. The van der Waals surface area contributed by atoms with Gasteiger partial charge in [0.2, 0.25) is 0 Å². The molecule has 25 heavy (non-hydrogen) atoms. The minimum Gasteiger partial charge on any atom is -0.346 e. The lowest BCUT2D eigenvalue weighted by molar-refractivity contribution is 0.0389. The summed E-state index contributed by atoms with van der Waals surface area (Å²) in [6.45, 7) is 2.19. The van der Waals surface area contributed by atoms with Gasteiger partial charge in [0.15, 0.2) is 0 Å². The molecule has 0 bridgehead atoms. The Morgan fingerprint density at radius 3 is 3.08 bits per heavy atom. The van der Waals surface area contributed by atoms with Gasteiger partial charge in [0.1, 0.15) is 12.0 Å². The molecule has 1 fully saturated rings. The zero-order chi connectivity index (χ0) is 17.4. The topological polar surface area (TPSA) is 83.2 Å². The van der Waals surface area contributed by atoms with Gasteiger partial charge in [-0.2, -0.15) is 10.4 Å². The molecule has 6 nitrogen and oxygen atoms in total. The average Bonchev–Trinajstić information content (AvgIpc) is 3.25. The molecule has 0 amide bonds. The third-order valence-electron chi connectivity index (χ3n) is 5.30. The Hall–Kier alpha value is -3.12. The molecule has 124 valence electrons. The Labute approximate surface area is 145 Å². The summed E-state index contributed by atoms with van der Waals surface area (Å²) in [5, 5.41) is 14.8. The van der Waals surface area contributed by atoms with Crippen LogP contribution >= 0.6 is 0 Å². The third kappa shape index (κ3) is 2.47. The van der Waals surface area contributed by atoms with Crippen LogP contribution in [0.1, 0.15) is 32.2 Å². The van der Waals surface area contributed by atoms with E-state index in [-0.39, 0.29) is 11.5 Å². The summed E-state index contributed by atoms with van der Waals surface area (Å²) in [4.78, 5) is 11.7. The molecule has 4 rings (SSSR count). The van der Waals surface area contributed by atoms with Crippen molar-refractivity contribution < 1.29 is 0 Å². The predicted octanol–water partition coefficient (Wildman–Crippen LogP) is 3.33. The minimum absolute atomic E-state index is 0.00509. The fourth-order valence-electron chi connectivity index (χ4n) is 3.93. The Bertz CT molecular complexity index is 993. The molecule has 3 aromatic heterocycles. The molecule has 1 atom stereocenters. The van der Waals surface area contributed by atoms with Crippen molar-refractivity contribution in [2.75, 3.05) is 0 Å². The minimum atomic E-state index is 0.00509. The number of nitriles is 1. The standard InChI is InChI=1S/C19H18N6/c1-3-13-8-19(2,9-13)16(4-6-20)25-11-14(10-24-25)17-15-5-7-21-18(15)23-12-22-17/h1,5,7,10-13,16H,4,8-9H2,2H3,(H,21,22,23). The largest absolute Gasteiger partial charge is 0.346 e. The lowest BCUT2D eigenvalue weighted by Crippen LogP contribution is -2.41. The molecule has 1 N–H and O–H groups in total. The molecule has 1 unspecified atom stereocenters.